The van der Waals surface area contributed by atoms with Crippen LogP contribution >= 0.6 is 0 Å². The Morgan fingerprint density at radius 2 is 2.18 bits per heavy atom. The van der Waals surface area contributed by atoms with E-state index in [2.05, 4.69) is 17.6 Å². The van der Waals surface area contributed by atoms with E-state index in [0.717, 1.165) is 32.0 Å². The molecule has 0 bridgehead atoms. The third kappa shape index (κ3) is 4.57. The normalized spacial score (nSPS) is 29.1. The van der Waals surface area contributed by atoms with E-state index in [0.29, 0.717) is 5.54 Å². The lowest BCUT2D eigenvalue weighted by molar-refractivity contribution is 0.0451. The van der Waals surface area contributed by atoms with Crippen LogP contribution in [0.3, 0.4) is 0 Å². The van der Waals surface area contributed by atoms with Crippen LogP contribution in [0.2, 0.25) is 0 Å². The Kier molecular flexibility index (Phi) is 5.26. The van der Waals surface area contributed by atoms with Crippen molar-refractivity contribution in [3.8, 4) is 0 Å². The van der Waals surface area contributed by atoms with Gasteiger partial charge in [-0.25, -0.2) is 0 Å². The summed E-state index contributed by atoms with van der Waals surface area (Å²) >= 11 is 0. The van der Waals surface area contributed by atoms with Crippen molar-refractivity contribution in [1.82, 2.24) is 10.6 Å². The molecule has 1 atom stereocenters. The largest absolute Gasteiger partial charge is 0.381 e. The van der Waals surface area contributed by atoms with E-state index in [1.165, 1.54) is 45.3 Å². The van der Waals surface area contributed by atoms with Crippen molar-refractivity contribution in [3.63, 3.8) is 0 Å². The third-order valence-electron chi connectivity index (χ3n) is 4.34. The molecule has 0 saturated carbocycles. The Bertz CT molecular complexity index is 208. The summed E-state index contributed by atoms with van der Waals surface area (Å²) in [4.78, 5) is 0. The Morgan fingerprint density at radius 3 is 2.88 bits per heavy atom. The van der Waals surface area contributed by atoms with Crippen LogP contribution in [0.15, 0.2) is 0 Å². The fraction of sp³-hybridized carbons (Fsp3) is 1.00. The summed E-state index contributed by atoms with van der Waals surface area (Å²) in [6.07, 6.45) is 7.83. The summed E-state index contributed by atoms with van der Waals surface area (Å²) in [6, 6.07) is 0. The number of nitrogens with one attached hydrogen (secondary N) is 2. The molecule has 0 aromatic carbocycles. The predicted molar refractivity (Wildman–Crippen MR) is 71.3 cm³/mol. The standard InChI is InChI=1S/C14H28N2O/c1-14(6-10-17-11-7-14)16-9-3-5-13-4-2-8-15-12-13/h13,15-16H,2-12H2,1H3. The molecule has 2 rings (SSSR count). The lowest BCUT2D eigenvalue weighted by Crippen LogP contribution is -2.47. The molecule has 3 heteroatoms. The van der Waals surface area contributed by atoms with Gasteiger partial charge in [-0.2, -0.15) is 0 Å². The average Bonchev–Trinajstić information content (AvgIpc) is 2.37. The van der Waals surface area contributed by atoms with E-state index in [1.807, 2.05) is 0 Å². The van der Waals surface area contributed by atoms with Crippen molar-refractivity contribution in [1.29, 1.82) is 0 Å². The fourth-order valence-electron chi connectivity index (χ4n) is 2.95. The van der Waals surface area contributed by atoms with Crippen molar-refractivity contribution in [3.05, 3.63) is 0 Å². The minimum Gasteiger partial charge on any atom is -0.381 e. The monoisotopic (exact) mass is 240 g/mol. The SMILES string of the molecule is CC1(NCCCC2CCCNC2)CCOCC1. The molecule has 2 N–H and O–H groups in total. The van der Waals surface area contributed by atoms with Gasteiger partial charge in [-0.1, -0.05) is 0 Å². The highest BCUT2D eigenvalue weighted by atomic mass is 16.5. The number of hydrogen-bond acceptors (Lipinski definition) is 3. The smallest absolute Gasteiger partial charge is 0.0483 e. The van der Waals surface area contributed by atoms with Crippen LogP contribution in [0.25, 0.3) is 0 Å². The molecule has 17 heavy (non-hydrogen) atoms. The van der Waals surface area contributed by atoms with Gasteiger partial charge in [0.2, 0.25) is 0 Å². The number of piperidine rings is 1. The zero-order valence-corrected chi connectivity index (χ0v) is 11.3. The summed E-state index contributed by atoms with van der Waals surface area (Å²) in [7, 11) is 0. The molecule has 2 saturated heterocycles. The highest BCUT2D eigenvalue weighted by Gasteiger charge is 2.26. The minimum atomic E-state index is 0.336. The van der Waals surface area contributed by atoms with Gasteiger partial charge >= 0.3 is 0 Å². The molecule has 2 fully saturated rings. The van der Waals surface area contributed by atoms with Gasteiger partial charge in [-0.15, -0.1) is 0 Å². The predicted octanol–water partition coefficient (Wildman–Crippen LogP) is 1.92. The zero-order chi connectivity index (χ0) is 12.0. The Labute approximate surface area is 106 Å². The fourth-order valence-corrected chi connectivity index (χ4v) is 2.95. The Balaban J connectivity index is 1.55. The van der Waals surface area contributed by atoms with Crippen LogP contribution in [0.1, 0.15) is 45.4 Å². The van der Waals surface area contributed by atoms with E-state index in [-0.39, 0.29) is 0 Å². The number of rotatable bonds is 5. The molecular weight excluding hydrogens is 212 g/mol. The van der Waals surface area contributed by atoms with Crippen molar-refractivity contribution in [2.24, 2.45) is 5.92 Å². The first-order valence-electron chi connectivity index (χ1n) is 7.32. The van der Waals surface area contributed by atoms with Gasteiger partial charge in [0.05, 0.1) is 0 Å². The third-order valence-corrected chi connectivity index (χ3v) is 4.34. The van der Waals surface area contributed by atoms with E-state index in [1.54, 1.807) is 0 Å². The first-order chi connectivity index (χ1) is 8.29. The van der Waals surface area contributed by atoms with E-state index in [9.17, 15) is 0 Å². The molecule has 0 spiro atoms. The van der Waals surface area contributed by atoms with Gasteiger partial charge in [0.1, 0.15) is 0 Å². The Hall–Kier alpha value is -0.120. The lowest BCUT2D eigenvalue weighted by atomic mass is 9.91. The summed E-state index contributed by atoms with van der Waals surface area (Å²) in [5.41, 5.74) is 0.336. The first-order valence-corrected chi connectivity index (χ1v) is 7.32. The molecule has 3 nitrogen and oxygen atoms in total. The van der Waals surface area contributed by atoms with Crippen LogP contribution in [-0.4, -0.2) is 38.4 Å². The Morgan fingerprint density at radius 1 is 1.35 bits per heavy atom. The van der Waals surface area contributed by atoms with Gasteiger partial charge in [0.15, 0.2) is 0 Å². The quantitative estimate of drug-likeness (QED) is 0.720. The van der Waals surface area contributed by atoms with E-state index >= 15 is 0 Å². The average molecular weight is 240 g/mol. The minimum absolute atomic E-state index is 0.336. The van der Waals surface area contributed by atoms with Crippen molar-refractivity contribution >= 4 is 0 Å². The van der Waals surface area contributed by atoms with E-state index in [4.69, 9.17) is 4.74 Å². The summed E-state index contributed by atoms with van der Waals surface area (Å²) in [5.74, 6) is 0.924. The van der Waals surface area contributed by atoms with Crippen LogP contribution in [0.4, 0.5) is 0 Å². The van der Waals surface area contributed by atoms with Crippen molar-refractivity contribution in [2.75, 3.05) is 32.8 Å². The molecule has 0 aromatic heterocycles. The van der Waals surface area contributed by atoms with Crippen LogP contribution < -0.4 is 10.6 Å². The molecule has 0 radical (unpaired) electrons. The van der Waals surface area contributed by atoms with Crippen molar-refractivity contribution < 1.29 is 4.74 Å². The zero-order valence-electron chi connectivity index (χ0n) is 11.3. The molecule has 0 aliphatic carbocycles. The van der Waals surface area contributed by atoms with Gasteiger partial charge < -0.3 is 15.4 Å². The summed E-state index contributed by atoms with van der Waals surface area (Å²) in [6.45, 7) is 7.84. The maximum Gasteiger partial charge on any atom is 0.0483 e. The number of hydrogen-bond donors (Lipinski definition) is 2. The molecular formula is C14H28N2O. The molecule has 2 aliphatic rings. The van der Waals surface area contributed by atoms with Crippen LogP contribution in [0.5, 0.6) is 0 Å². The molecule has 1 unspecified atom stereocenters. The number of ether oxygens (including phenoxy) is 1. The second kappa shape index (κ2) is 6.72. The summed E-state index contributed by atoms with van der Waals surface area (Å²) < 4.78 is 5.42. The van der Waals surface area contributed by atoms with Gasteiger partial charge in [0, 0.05) is 18.8 Å². The molecule has 0 aromatic rings. The summed E-state index contributed by atoms with van der Waals surface area (Å²) in [5, 5.41) is 7.23. The second-order valence-corrected chi connectivity index (χ2v) is 5.95. The maximum absolute atomic E-state index is 5.42. The van der Waals surface area contributed by atoms with Gasteiger partial charge in [-0.05, 0) is 71.0 Å². The highest BCUT2D eigenvalue weighted by Crippen LogP contribution is 2.20. The van der Waals surface area contributed by atoms with Crippen LogP contribution in [-0.2, 0) is 4.74 Å². The lowest BCUT2D eigenvalue weighted by Gasteiger charge is -2.35. The topological polar surface area (TPSA) is 33.3 Å². The van der Waals surface area contributed by atoms with Gasteiger partial charge in [0.25, 0.3) is 0 Å². The second-order valence-electron chi connectivity index (χ2n) is 5.95. The maximum atomic E-state index is 5.42. The first kappa shape index (κ1) is 13.3. The molecule has 0 amide bonds. The molecule has 2 aliphatic heterocycles. The molecule has 2 heterocycles. The van der Waals surface area contributed by atoms with E-state index < -0.39 is 0 Å². The van der Waals surface area contributed by atoms with Crippen LogP contribution in [0, 0.1) is 5.92 Å². The van der Waals surface area contributed by atoms with Crippen molar-refractivity contribution in [2.45, 2.75) is 51.0 Å². The van der Waals surface area contributed by atoms with Gasteiger partial charge in [-0.3, -0.25) is 0 Å². The highest BCUT2D eigenvalue weighted by molar-refractivity contribution is 4.85. The molecule has 100 valence electrons.